The monoisotopic (exact) mass is 444 g/mol. The number of hydrogen-bond acceptors (Lipinski definition) is 5. The van der Waals surface area contributed by atoms with Gasteiger partial charge in [0.25, 0.3) is 11.8 Å². The van der Waals surface area contributed by atoms with E-state index in [0.29, 0.717) is 30.2 Å². The van der Waals surface area contributed by atoms with Crippen LogP contribution in [-0.4, -0.2) is 66.3 Å². The quantitative estimate of drug-likeness (QED) is 0.654. The normalized spacial score (nSPS) is 24.3. The van der Waals surface area contributed by atoms with E-state index in [9.17, 15) is 19.2 Å². The molecule has 0 aromatic heterocycles. The zero-order valence-corrected chi connectivity index (χ0v) is 19.4. The predicted octanol–water partition coefficient (Wildman–Crippen LogP) is 2.23. The summed E-state index contributed by atoms with van der Waals surface area (Å²) in [5.41, 5.74) is -0.503. The van der Waals surface area contributed by atoms with Gasteiger partial charge < -0.3 is 20.3 Å². The third-order valence-electron chi connectivity index (χ3n) is 5.93. The molecule has 9 nitrogen and oxygen atoms in total. The van der Waals surface area contributed by atoms with Crippen LogP contribution >= 0.6 is 0 Å². The molecule has 1 aliphatic carbocycles. The molecule has 3 rings (SSSR count). The Kier molecular flexibility index (Phi) is 6.48. The average molecular weight is 445 g/mol. The van der Waals surface area contributed by atoms with Crippen LogP contribution in [0.2, 0.25) is 0 Å². The number of nitrogens with one attached hydrogen (secondary N) is 2. The topological polar surface area (TPSA) is 108 Å². The lowest BCUT2D eigenvalue weighted by atomic mass is 9.64. The molecule has 1 saturated heterocycles. The second-order valence-corrected chi connectivity index (χ2v) is 9.91. The van der Waals surface area contributed by atoms with Crippen LogP contribution in [0.3, 0.4) is 0 Å². The number of anilines is 1. The number of carbonyl (C=O) groups is 4. The van der Waals surface area contributed by atoms with Crippen molar-refractivity contribution in [2.75, 3.05) is 32.6 Å². The van der Waals surface area contributed by atoms with Gasteiger partial charge in [-0.05, 0) is 54.9 Å². The number of urea groups is 1. The van der Waals surface area contributed by atoms with Crippen molar-refractivity contribution in [2.24, 2.45) is 11.3 Å². The van der Waals surface area contributed by atoms with Gasteiger partial charge in [-0.2, -0.15) is 0 Å². The van der Waals surface area contributed by atoms with Crippen LogP contribution in [0.1, 0.15) is 40.0 Å². The fourth-order valence-electron chi connectivity index (χ4n) is 4.90. The molecule has 5 amide bonds. The Morgan fingerprint density at radius 3 is 2.44 bits per heavy atom. The second-order valence-electron chi connectivity index (χ2n) is 9.91. The highest BCUT2D eigenvalue weighted by Gasteiger charge is 2.56. The average Bonchev–Trinajstić information content (AvgIpc) is 2.88. The molecule has 1 aliphatic heterocycles. The van der Waals surface area contributed by atoms with Crippen molar-refractivity contribution in [1.29, 1.82) is 0 Å². The molecule has 32 heavy (non-hydrogen) atoms. The lowest BCUT2D eigenvalue weighted by molar-refractivity contribution is -0.136. The van der Waals surface area contributed by atoms with Gasteiger partial charge in [0.2, 0.25) is 5.91 Å². The Morgan fingerprint density at radius 2 is 1.84 bits per heavy atom. The minimum absolute atomic E-state index is 0.0696. The molecule has 2 aliphatic rings. The number of benzene rings is 1. The largest absolute Gasteiger partial charge is 0.484 e. The maximum atomic E-state index is 13.1. The van der Waals surface area contributed by atoms with E-state index in [1.807, 2.05) is 0 Å². The van der Waals surface area contributed by atoms with E-state index in [4.69, 9.17) is 4.74 Å². The lowest BCUT2D eigenvalue weighted by Gasteiger charge is -2.43. The lowest BCUT2D eigenvalue weighted by Crippen LogP contribution is -2.54. The Balaban J connectivity index is 1.58. The van der Waals surface area contributed by atoms with Gasteiger partial charge in [0.05, 0.1) is 0 Å². The molecule has 174 valence electrons. The molecule has 9 heteroatoms. The van der Waals surface area contributed by atoms with Gasteiger partial charge in [-0.25, -0.2) is 4.79 Å². The summed E-state index contributed by atoms with van der Waals surface area (Å²) in [6.45, 7) is 5.85. The number of likely N-dealkylation sites (N-methyl/N-ethyl adjacent to an activating group) is 1. The van der Waals surface area contributed by atoms with E-state index >= 15 is 0 Å². The van der Waals surface area contributed by atoms with E-state index in [1.54, 1.807) is 38.4 Å². The minimum Gasteiger partial charge on any atom is -0.484 e. The highest BCUT2D eigenvalue weighted by molar-refractivity contribution is 6.10. The van der Waals surface area contributed by atoms with Crippen LogP contribution in [0.25, 0.3) is 0 Å². The number of nitrogens with zero attached hydrogens (tertiary/aromatic N) is 2. The number of ether oxygens (including phenoxy) is 1. The van der Waals surface area contributed by atoms with E-state index in [2.05, 4.69) is 31.4 Å². The summed E-state index contributed by atoms with van der Waals surface area (Å²) in [5, 5.41) is 5.57. The fourth-order valence-corrected chi connectivity index (χ4v) is 4.90. The van der Waals surface area contributed by atoms with Crippen LogP contribution < -0.4 is 15.4 Å². The summed E-state index contributed by atoms with van der Waals surface area (Å²) in [6.07, 6.45) is 2.13. The molecule has 1 aromatic rings. The summed E-state index contributed by atoms with van der Waals surface area (Å²) in [5.74, 6) is -0.171. The number of imide groups is 1. The third kappa shape index (κ3) is 5.20. The summed E-state index contributed by atoms with van der Waals surface area (Å²) in [7, 11) is 3.29. The summed E-state index contributed by atoms with van der Waals surface area (Å²) in [4.78, 5) is 52.3. The van der Waals surface area contributed by atoms with Crippen molar-refractivity contribution >= 4 is 29.4 Å². The molecule has 0 bridgehead atoms. The van der Waals surface area contributed by atoms with Crippen molar-refractivity contribution in [3.05, 3.63) is 24.3 Å². The third-order valence-corrected chi connectivity index (χ3v) is 5.93. The first-order valence-corrected chi connectivity index (χ1v) is 10.8. The summed E-state index contributed by atoms with van der Waals surface area (Å²) >= 11 is 0. The Hall–Kier alpha value is -3.10. The summed E-state index contributed by atoms with van der Waals surface area (Å²) in [6, 6.07) is 6.00. The molecular formula is C23H32N4O5. The predicted molar refractivity (Wildman–Crippen MR) is 119 cm³/mol. The zero-order chi connectivity index (χ0) is 23.7. The van der Waals surface area contributed by atoms with Crippen LogP contribution in [0, 0.1) is 11.3 Å². The standard InChI is InChI=1S/C23H32N4O5/c1-15-10-22(2,3)14-23(11-15)20(30)27(21(31)25-23)12-18(28)24-16-6-8-17(9-7-16)32-13-19(29)26(4)5/h6-9,15H,10-14H2,1-5H3,(H,24,28)(H,25,31). The van der Waals surface area contributed by atoms with Crippen molar-refractivity contribution in [3.8, 4) is 5.75 Å². The minimum atomic E-state index is -0.929. The van der Waals surface area contributed by atoms with Gasteiger partial charge in [0, 0.05) is 19.8 Å². The second kappa shape index (κ2) is 8.80. The summed E-state index contributed by atoms with van der Waals surface area (Å²) < 4.78 is 5.40. The Labute approximate surface area is 188 Å². The molecule has 1 saturated carbocycles. The van der Waals surface area contributed by atoms with Crippen LogP contribution in [0.4, 0.5) is 10.5 Å². The first-order chi connectivity index (χ1) is 14.9. The SMILES string of the molecule is CC1CC(C)(C)CC2(C1)NC(=O)N(CC(=O)Nc1ccc(OCC(=O)N(C)C)cc1)C2=O. The Morgan fingerprint density at radius 1 is 1.19 bits per heavy atom. The number of hydrogen-bond donors (Lipinski definition) is 2. The number of amides is 5. The number of carbonyl (C=O) groups excluding carboxylic acids is 4. The van der Waals surface area contributed by atoms with Gasteiger partial charge >= 0.3 is 6.03 Å². The zero-order valence-electron chi connectivity index (χ0n) is 19.4. The highest BCUT2D eigenvalue weighted by Crippen LogP contribution is 2.46. The van der Waals surface area contributed by atoms with Crippen molar-refractivity contribution in [2.45, 2.75) is 45.6 Å². The Bertz CT molecular complexity index is 911. The molecule has 2 unspecified atom stereocenters. The molecular weight excluding hydrogens is 412 g/mol. The molecule has 2 atom stereocenters. The smallest absolute Gasteiger partial charge is 0.325 e. The van der Waals surface area contributed by atoms with Crippen LogP contribution in [0.5, 0.6) is 5.75 Å². The number of rotatable bonds is 6. The maximum Gasteiger partial charge on any atom is 0.325 e. The molecule has 2 N–H and O–H groups in total. The first kappa shape index (κ1) is 23.6. The van der Waals surface area contributed by atoms with Crippen molar-refractivity contribution in [1.82, 2.24) is 15.1 Å². The van der Waals surface area contributed by atoms with E-state index in [1.165, 1.54) is 4.90 Å². The maximum absolute atomic E-state index is 13.1. The fraction of sp³-hybridized carbons (Fsp3) is 0.565. The molecule has 0 radical (unpaired) electrons. The molecule has 1 spiro atoms. The van der Waals surface area contributed by atoms with Crippen molar-refractivity contribution in [3.63, 3.8) is 0 Å². The van der Waals surface area contributed by atoms with Gasteiger partial charge in [-0.15, -0.1) is 0 Å². The highest BCUT2D eigenvalue weighted by atomic mass is 16.5. The van der Waals surface area contributed by atoms with Crippen LogP contribution in [-0.2, 0) is 14.4 Å². The van der Waals surface area contributed by atoms with E-state index < -0.39 is 17.5 Å². The molecule has 1 heterocycles. The molecule has 1 aromatic carbocycles. The van der Waals surface area contributed by atoms with Gasteiger partial charge in [0.1, 0.15) is 17.8 Å². The van der Waals surface area contributed by atoms with E-state index in [0.717, 1.165) is 11.3 Å². The first-order valence-electron chi connectivity index (χ1n) is 10.8. The van der Waals surface area contributed by atoms with E-state index in [-0.39, 0.29) is 30.4 Å². The van der Waals surface area contributed by atoms with Gasteiger partial charge in [-0.3, -0.25) is 19.3 Å². The van der Waals surface area contributed by atoms with Crippen molar-refractivity contribution < 1.29 is 23.9 Å². The van der Waals surface area contributed by atoms with Gasteiger partial charge in [0.15, 0.2) is 6.61 Å². The van der Waals surface area contributed by atoms with Gasteiger partial charge in [-0.1, -0.05) is 20.8 Å². The molecule has 2 fully saturated rings. The van der Waals surface area contributed by atoms with Crippen LogP contribution in [0.15, 0.2) is 24.3 Å².